The number of aliphatic hydroxyl groups excluding tert-OH is 1. The third kappa shape index (κ3) is 3.85. The molecule has 0 fully saturated rings. The van der Waals surface area contributed by atoms with Crippen LogP contribution in [0.1, 0.15) is 35.7 Å². The minimum Gasteiger partial charge on any atom is -0.502 e. The molecule has 0 aromatic heterocycles. The van der Waals surface area contributed by atoms with E-state index in [1.165, 1.54) is 31.4 Å². The van der Waals surface area contributed by atoms with Gasteiger partial charge in [0.15, 0.2) is 5.76 Å². The lowest BCUT2D eigenvalue weighted by Gasteiger charge is -2.15. The highest BCUT2D eigenvalue weighted by atomic mass is 16.5. The molecule has 0 unspecified atom stereocenters. The maximum atomic E-state index is 12.9. The van der Waals surface area contributed by atoms with Crippen LogP contribution in [0.4, 0.5) is 5.69 Å². The number of benzene rings is 2. The average Bonchev–Trinajstić information content (AvgIpc) is 2.96. The Bertz CT molecular complexity index is 977. The minimum atomic E-state index is -0.839. The first-order valence-corrected chi connectivity index (χ1v) is 9.22. The highest BCUT2D eigenvalue weighted by Gasteiger charge is 2.41. The first-order chi connectivity index (χ1) is 14.0. The van der Waals surface area contributed by atoms with E-state index in [0.717, 1.165) is 17.7 Å². The van der Waals surface area contributed by atoms with Crippen molar-refractivity contribution in [3.8, 4) is 5.75 Å². The number of esters is 1. The molecule has 150 valence electrons. The molecule has 2 aromatic rings. The van der Waals surface area contributed by atoms with Gasteiger partial charge in [-0.25, -0.2) is 9.69 Å². The van der Waals surface area contributed by atoms with Gasteiger partial charge in [-0.1, -0.05) is 31.5 Å². The third-order valence-corrected chi connectivity index (χ3v) is 4.53. The van der Waals surface area contributed by atoms with Crippen molar-refractivity contribution in [3.05, 3.63) is 65.4 Å². The Hall–Kier alpha value is -3.61. The number of nitrogens with zero attached hydrogens (tertiary/aromatic N) is 1. The van der Waals surface area contributed by atoms with Crippen molar-refractivity contribution in [1.29, 1.82) is 0 Å². The first-order valence-electron chi connectivity index (χ1n) is 9.22. The molecule has 2 aromatic carbocycles. The van der Waals surface area contributed by atoms with Crippen molar-refractivity contribution in [2.75, 3.05) is 18.6 Å². The van der Waals surface area contributed by atoms with E-state index < -0.39 is 23.5 Å². The number of hydrogen-bond acceptors (Lipinski definition) is 6. The fourth-order valence-corrected chi connectivity index (χ4v) is 2.99. The van der Waals surface area contributed by atoms with Gasteiger partial charge in [0.1, 0.15) is 5.75 Å². The van der Waals surface area contributed by atoms with E-state index in [9.17, 15) is 19.5 Å². The SMILES string of the molecule is CCCCOC(=O)c1ccc(N2C(=O)C(O)=C(c3ccccc3OC)C2=O)cc1. The molecular formula is C22H21NO6. The van der Waals surface area contributed by atoms with E-state index in [-0.39, 0.29) is 11.3 Å². The monoisotopic (exact) mass is 395 g/mol. The van der Waals surface area contributed by atoms with Crippen molar-refractivity contribution in [2.45, 2.75) is 19.8 Å². The number of ether oxygens (including phenoxy) is 2. The summed E-state index contributed by atoms with van der Waals surface area (Å²) in [4.78, 5) is 38.4. The predicted octanol–water partition coefficient (Wildman–Crippen LogP) is 3.49. The van der Waals surface area contributed by atoms with Gasteiger partial charge in [0.25, 0.3) is 5.91 Å². The quantitative estimate of drug-likeness (QED) is 0.438. The van der Waals surface area contributed by atoms with Crippen molar-refractivity contribution in [1.82, 2.24) is 0 Å². The second-order valence-corrected chi connectivity index (χ2v) is 6.41. The van der Waals surface area contributed by atoms with Crippen LogP contribution in [0.5, 0.6) is 5.75 Å². The van der Waals surface area contributed by atoms with Crippen molar-refractivity contribution < 1.29 is 29.0 Å². The number of carbonyl (C=O) groups is 3. The summed E-state index contributed by atoms with van der Waals surface area (Å²) in [6.45, 7) is 2.33. The van der Waals surface area contributed by atoms with Gasteiger partial charge in [-0.15, -0.1) is 0 Å². The number of methoxy groups -OCH3 is 1. The number of unbranched alkanes of at least 4 members (excludes halogenated alkanes) is 1. The van der Waals surface area contributed by atoms with Crippen LogP contribution in [0.25, 0.3) is 5.57 Å². The van der Waals surface area contributed by atoms with Crippen LogP contribution in [0.2, 0.25) is 0 Å². The lowest BCUT2D eigenvalue weighted by atomic mass is 10.0. The van der Waals surface area contributed by atoms with Crippen LogP contribution in [-0.2, 0) is 14.3 Å². The fourth-order valence-electron chi connectivity index (χ4n) is 2.99. The molecule has 1 heterocycles. The Kier molecular flexibility index (Phi) is 5.97. The molecule has 0 atom stereocenters. The molecule has 7 nitrogen and oxygen atoms in total. The van der Waals surface area contributed by atoms with E-state index in [2.05, 4.69) is 0 Å². The molecule has 2 amide bonds. The smallest absolute Gasteiger partial charge is 0.338 e. The maximum absolute atomic E-state index is 12.9. The molecule has 1 aliphatic rings. The number of aliphatic hydroxyl groups is 1. The Balaban J connectivity index is 1.85. The van der Waals surface area contributed by atoms with Gasteiger partial charge in [0.05, 0.1) is 30.5 Å². The summed E-state index contributed by atoms with van der Waals surface area (Å²) in [5.74, 6) is -2.27. The van der Waals surface area contributed by atoms with Gasteiger partial charge in [-0.3, -0.25) is 9.59 Å². The second kappa shape index (κ2) is 8.60. The highest BCUT2D eigenvalue weighted by Crippen LogP contribution is 2.35. The first kappa shape index (κ1) is 20.1. The number of rotatable bonds is 7. The van der Waals surface area contributed by atoms with Gasteiger partial charge in [0.2, 0.25) is 0 Å². The Morgan fingerprint density at radius 1 is 1.03 bits per heavy atom. The summed E-state index contributed by atoms with van der Waals surface area (Å²) < 4.78 is 10.4. The molecule has 0 aliphatic carbocycles. The van der Waals surface area contributed by atoms with Crippen molar-refractivity contribution in [3.63, 3.8) is 0 Å². The molecule has 1 aliphatic heterocycles. The fraction of sp³-hybridized carbons (Fsp3) is 0.227. The summed E-state index contributed by atoms with van der Waals surface area (Å²) in [7, 11) is 1.44. The largest absolute Gasteiger partial charge is 0.502 e. The van der Waals surface area contributed by atoms with Crippen LogP contribution in [-0.4, -0.2) is 36.6 Å². The van der Waals surface area contributed by atoms with Gasteiger partial charge >= 0.3 is 11.9 Å². The molecule has 3 rings (SSSR count). The molecule has 0 saturated carbocycles. The van der Waals surface area contributed by atoms with Gasteiger partial charge < -0.3 is 14.6 Å². The van der Waals surface area contributed by atoms with Crippen LogP contribution in [0.3, 0.4) is 0 Å². The van der Waals surface area contributed by atoms with E-state index in [0.29, 0.717) is 23.5 Å². The van der Waals surface area contributed by atoms with Crippen molar-refractivity contribution in [2.24, 2.45) is 0 Å². The highest BCUT2D eigenvalue weighted by molar-refractivity contribution is 6.45. The van der Waals surface area contributed by atoms with Crippen LogP contribution < -0.4 is 9.64 Å². The van der Waals surface area contributed by atoms with E-state index >= 15 is 0 Å². The van der Waals surface area contributed by atoms with E-state index in [1.54, 1.807) is 24.3 Å². The summed E-state index contributed by atoms with van der Waals surface area (Å²) in [6, 6.07) is 12.5. The average molecular weight is 395 g/mol. The number of para-hydroxylation sites is 1. The van der Waals surface area contributed by atoms with Crippen LogP contribution in [0, 0.1) is 0 Å². The molecule has 0 bridgehead atoms. The molecule has 1 N–H and O–H groups in total. The zero-order valence-corrected chi connectivity index (χ0v) is 16.2. The molecule has 0 saturated heterocycles. The molecule has 29 heavy (non-hydrogen) atoms. The summed E-state index contributed by atoms with van der Waals surface area (Å²) in [5, 5.41) is 10.3. The van der Waals surface area contributed by atoms with E-state index in [1.807, 2.05) is 6.92 Å². The third-order valence-electron chi connectivity index (χ3n) is 4.53. The van der Waals surface area contributed by atoms with Gasteiger partial charge in [-0.05, 0) is 36.8 Å². The van der Waals surface area contributed by atoms with Gasteiger partial charge in [-0.2, -0.15) is 0 Å². The van der Waals surface area contributed by atoms with Crippen molar-refractivity contribution >= 4 is 29.0 Å². The van der Waals surface area contributed by atoms with E-state index in [4.69, 9.17) is 9.47 Å². The normalized spacial score (nSPS) is 13.8. The zero-order chi connectivity index (χ0) is 21.0. The standard InChI is InChI=1S/C22H21NO6/c1-3-4-13-29-22(27)14-9-11-15(12-10-14)23-20(25)18(19(24)21(23)26)16-7-5-6-8-17(16)28-2/h5-12,24H,3-4,13H2,1-2H3. The van der Waals surface area contributed by atoms with Crippen LogP contribution in [0.15, 0.2) is 54.3 Å². The topological polar surface area (TPSA) is 93.1 Å². The van der Waals surface area contributed by atoms with Gasteiger partial charge in [0, 0.05) is 5.56 Å². The number of carbonyl (C=O) groups excluding carboxylic acids is 3. The molecule has 7 heteroatoms. The number of imide groups is 1. The maximum Gasteiger partial charge on any atom is 0.338 e. The summed E-state index contributed by atoms with van der Waals surface area (Å²) in [6.07, 6.45) is 1.69. The Morgan fingerprint density at radius 2 is 1.72 bits per heavy atom. The minimum absolute atomic E-state index is 0.129. The molecule has 0 spiro atoms. The summed E-state index contributed by atoms with van der Waals surface area (Å²) in [5.41, 5.74) is 0.743. The number of amides is 2. The molecular weight excluding hydrogens is 374 g/mol. The molecule has 0 radical (unpaired) electrons. The predicted molar refractivity (Wildman–Crippen MR) is 107 cm³/mol. The Labute approximate surface area is 168 Å². The van der Waals surface area contributed by atoms with Crippen LogP contribution >= 0.6 is 0 Å². The zero-order valence-electron chi connectivity index (χ0n) is 16.2. The Morgan fingerprint density at radius 3 is 2.38 bits per heavy atom. The number of hydrogen-bond donors (Lipinski definition) is 1. The lowest BCUT2D eigenvalue weighted by Crippen LogP contribution is -2.31. The second-order valence-electron chi connectivity index (χ2n) is 6.41. The number of anilines is 1. The summed E-state index contributed by atoms with van der Waals surface area (Å²) >= 11 is 0. The lowest BCUT2D eigenvalue weighted by molar-refractivity contribution is -0.121.